The molecule has 0 saturated carbocycles. The van der Waals surface area contributed by atoms with Crippen molar-refractivity contribution in [2.75, 3.05) is 0 Å². The van der Waals surface area contributed by atoms with Gasteiger partial charge in [-0.25, -0.2) is 4.39 Å². The van der Waals surface area contributed by atoms with E-state index in [2.05, 4.69) is 15.5 Å². The fourth-order valence-corrected chi connectivity index (χ4v) is 3.06. The Morgan fingerprint density at radius 3 is 2.48 bits per heavy atom. The van der Waals surface area contributed by atoms with Crippen molar-refractivity contribution >= 4 is 17.5 Å². The van der Waals surface area contributed by atoms with Crippen LogP contribution >= 0.6 is 11.6 Å². The minimum atomic E-state index is -0.965. The van der Waals surface area contributed by atoms with Crippen LogP contribution in [-0.2, 0) is 0 Å². The Morgan fingerprint density at radius 2 is 1.72 bits per heavy atom. The highest BCUT2D eigenvalue weighted by molar-refractivity contribution is 6.30. The first-order valence-electron chi connectivity index (χ1n) is 8.81. The van der Waals surface area contributed by atoms with Gasteiger partial charge in [-0.3, -0.25) is 4.79 Å². The Balaban J connectivity index is 1.71. The van der Waals surface area contributed by atoms with Crippen LogP contribution in [0.3, 0.4) is 0 Å². The molecule has 4 aromatic rings. The average Bonchev–Trinajstić information content (AvgIpc) is 3.23. The molecule has 1 N–H and O–H groups in total. The van der Waals surface area contributed by atoms with Crippen LogP contribution in [0.4, 0.5) is 4.39 Å². The number of hydrogen-bond acceptors (Lipinski definition) is 4. The maximum atomic E-state index is 14.5. The van der Waals surface area contributed by atoms with Gasteiger partial charge in [-0.2, -0.15) is 0 Å². The van der Waals surface area contributed by atoms with Crippen LogP contribution in [-0.4, -0.2) is 16.1 Å². The van der Waals surface area contributed by atoms with E-state index in [4.69, 9.17) is 16.0 Å². The molecule has 5 nitrogen and oxygen atoms in total. The van der Waals surface area contributed by atoms with Crippen molar-refractivity contribution in [2.45, 2.75) is 6.04 Å². The van der Waals surface area contributed by atoms with Gasteiger partial charge in [0.25, 0.3) is 5.91 Å². The van der Waals surface area contributed by atoms with Crippen molar-refractivity contribution in [1.29, 1.82) is 0 Å². The van der Waals surface area contributed by atoms with Crippen LogP contribution in [0.2, 0.25) is 5.02 Å². The van der Waals surface area contributed by atoms with E-state index in [9.17, 15) is 9.18 Å². The van der Waals surface area contributed by atoms with E-state index in [0.29, 0.717) is 10.6 Å². The molecular formula is C22H15ClFN3O2. The lowest BCUT2D eigenvalue weighted by molar-refractivity contribution is 0.0937. The molecule has 0 saturated heterocycles. The predicted octanol–water partition coefficient (Wildman–Crippen LogP) is 5.05. The molecule has 0 fully saturated rings. The van der Waals surface area contributed by atoms with Crippen LogP contribution in [0.1, 0.15) is 27.9 Å². The number of carbonyl (C=O) groups excluding carboxylic acids is 1. The predicted molar refractivity (Wildman–Crippen MR) is 107 cm³/mol. The van der Waals surface area contributed by atoms with E-state index in [1.54, 1.807) is 36.4 Å². The number of carbonyl (C=O) groups is 1. The molecule has 0 spiro atoms. The number of nitrogens with zero attached hydrogens (tertiary/aromatic N) is 2. The van der Waals surface area contributed by atoms with E-state index >= 15 is 0 Å². The highest BCUT2D eigenvalue weighted by Gasteiger charge is 2.26. The average molecular weight is 408 g/mol. The molecule has 0 aliphatic rings. The van der Waals surface area contributed by atoms with Crippen LogP contribution in [0.5, 0.6) is 0 Å². The molecule has 0 aliphatic carbocycles. The van der Waals surface area contributed by atoms with Gasteiger partial charge in [-0.1, -0.05) is 54.1 Å². The molecular weight excluding hydrogens is 393 g/mol. The standard InChI is InChI=1S/C22H15ClFN3O2/c23-16-10-6-9-15(13-16)20(28)25-19(17-11-4-5-12-18(17)24)22-27-26-21(29-22)14-7-2-1-3-8-14/h1-13,19H,(H,25,28)/t19-/m1/s1. The largest absolute Gasteiger partial charge is 0.418 e. The zero-order chi connectivity index (χ0) is 20.2. The molecule has 7 heteroatoms. The smallest absolute Gasteiger partial charge is 0.252 e. The molecule has 0 bridgehead atoms. The van der Waals surface area contributed by atoms with E-state index in [-0.39, 0.29) is 17.3 Å². The normalized spacial score (nSPS) is 11.8. The summed E-state index contributed by atoms with van der Waals surface area (Å²) in [5.41, 5.74) is 1.27. The Labute approximate surface area is 171 Å². The van der Waals surface area contributed by atoms with E-state index in [1.165, 1.54) is 12.1 Å². The maximum Gasteiger partial charge on any atom is 0.252 e. The molecule has 1 aromatic heterocycles. The van der Waals surface area contributed by atoms with Gasteiger partial charge in [0.1, 0.15) is 11.9 Å². The van der Waals surface area contributed by atoms with Gasteiger partial charge in [0.05, 0.1) is 0 Å². The van der Waals surface area contributed by atoms with Crippen LogP contribution < -0.4 is 5.32 Å². The summed E-state index contributed by atoms with van der Waals surface area (Å²) in [6, 6.07) is 20.8. The maximum absolute atomic E-state index is 14.5. The summed E-state index contributed by atoms with van der Waals surface area (Å²) >= 11 is 5.98. The lowest BCUT2D eigenvalue weighted by Crippen LogP contribution is -2.30. The van der Waals surface area contributed by atoms with E-state index in [0.717, 1.165) is 5.56 Å². The summed E-state index contributed by atoms with van der Waals surface area (Å²) in [4.78, 5) is 12.8. The lowest BCUT2D eigenvalue weighted by Gasteiger charge is -2.16. The first-order valence-corrected chi connectivity index (χ1v) is 9.19. The van der Waals surface area contributed by atoms with Crippen LogP contribution in [0.15, 0.2) is 83.3 Å². The highest BCUT2D eigenvalue weighted by Crippen LogP contribution is 2.27. The minimum Gasteiger partial charge on any atom is -0.418 e. The Bertz CT molecular complexity index is 1150. The fourth-order valence-electron chi connectivity index (χ4n) is 2.87. The topological polar surface area (TPSA) is 68.0 Å². The van der Waals surface area contributed by atoms with Crippen LogP contribution in [0.25, 0.3) is 11.5 Å². The van der Waals surface area contributed by atoms with Crippen molar-refractivity contribution in [1.82, 2.24) is 15.5 Å². The minimum absolute atomic E-state index is 0.0735. The SMILES string of the molecule is O=C(N[C@@H](c1nnc(-c2ccccc2)o1)c1ccccc1F)c1cccc(Cl)c1. The molecule has 3 aromatic carbocycles. The van der Waals surface area contributed by atoms with Gasteiger partial charge in [0.15, 0.2) is 0 Å². The molecule has 1 atom stereocenters. The quantitative estimate of drug-likeness (QED) is 0.502. The van der Waals surface area contributed by atoms with Gasteiger partial charge in [-0.15, -0.1) is 10.2 Å². The van der Waals surface area contributed by atoms with Gasteiger partial charge in [0, 0.05) is 21.7 Å². The third-order valence-corrected chi connectivity index (χ3v) is 4.52. The van der Waals surface area contributed by atoms with Crippen molar-refractivity contribution in [2.24, 2.45) is 0 Å². The number of halogens is 2. The van der Waals surface area contributed by atoms with Crippen molar-refractivity contribution in [3.05, 3.63) is 107 Å². The second-order valence-electron chi connectivity index (χ2n) is 6.25. The van der Waals surface area contributed by atoms with Crippen molar-refractivity contribution in [3.63, 3.8) is 0 Å². The van der Waals surface area contributed by atoms with Crippen molar-refractivity contribution < 1.29 is 13.6 Å². The number of nitrogens with one attached hydrogen (secondary N) is 1. The fraction of sp³-hybridized carbons (Fsp3) is 0.0455. The number of aromatic nitrogens is 2. The first-order chi connectivity index (χ1) is 14.1. The summed E-state index contributed by atoms with van der Waals surface area (Å²) in [5.74, 6) is -0.591. The number of benzene rings is 3. The van der Waals surface area contributed by atoms with Gasteiger partial charge in [-0.05, 0) is 36.4 Å². The number of hydrogen-bond donors (Lipinski definition) is 1. The first kappa shape index (κ1) is 18.8. The van der Waals surface area contributed by atoms with Gasteiger partial charge < -0.3 is 9.73 Å². The molecule has 1 heterocycles. The molecule has 1 amide bonds. The monoisotopic (exact) mass is 407 g/mol. The van der Waals surface area contributed by atoms with E-state index < -0.39 is 17.8 Å². The Morgan fingerprint density at radius 1 is 0.966 bits per heavy atom. The second kappa shape index (κ2) is 8.24. The molecule has 4 rings (SSSR count). The van der Waals surface area contributed by atoms with E-state index in [1.807, 2.05) is 30.3 Å². The van der Waals surface area contributed by atoms with Gasteiger partial charge in [0.2, 0.25) is 11.8 Å². The van der Waals surface area contributed by atoms with Crippen LogP contribution in [0, 0.1) is 5.82 Å². The zero-order valence-corrected chi connectivity index (χ0v) is 15.8. The number of rotatable bonds is 5. The highest BCUT2D eigenvalue weighted by atomic mass is 35.5. The molecule has 0 aliphatic heterocycles. The van der Waals surface area contributed by atoms with Gasteiger partial charge >= 0.3 is 0 Å². The van der Waals surface area contributed by atoms with Crippen molar-refractivity contribution in [3.8, 4) is 11.5 Å². The molecule has 0 radical (unpaired) electrons. The zero-order valence-electron chi connectivity index (χ0n) is 15.0. The number of amides is 1. The second-order valence-corrected chi connectivity index (χ2v) is 6.69. The summed E-state index contributed by atoms with van der Waals surface area (Å²) in [7, 11) is 0. The Kier molecular flexibility index (Phi) is 5.35. The lowest BCUT2D eigenvalue weighted by atomic mass is 10.1. The third kappa shape index (κ3) is 4.17. The summed E-state index contributed by atoms with van der Waals surface area (Å²) in [6.07, 6.45) is 0. The summed E-state index contributed by atoms with van der Waals surface area (Å²) < 4.78 is 20.3. The molecule has 29 heavy (non-hydrogen) atoms. The summed E-state index contributed by atoms with van der Waals surface area (Å²) in [6.45, 7) is 0. The Hall–Kier alpha value is -3.51. The molecule has 144 valence electrons. The molecule has 0 unspecified atom stereocenters. The summed E-state index contributed by atoms with van der Waals surface area (Å²) in [5, 5.41) is 11.3. The third-order valence-electron chi connectivity index (χ3n) is 4.29.